The highest BCUT2D eigenvalue weighted by Crippen LogP contribution is 2.41. The van der Waals surface area contributed by atoms with E-state index in [0.717, 1.165) is 6.42 Å². The van der Waals surface area contributed by atoms with Crippen LogP contribution in [0.1, 0.15) is 11.1 Å². The molecule has 0 aliphatic heterocycles. The van der Waals surface area contributed by atoms with Crippen molar-refractivity contribution in [3.05, 3.63) is 47.5 Å². The topological polar surface area (TPSA) is 0 Å². The molecule has 0 atom stereocenters. The molecule has 0 bridgehead atoms. The molecule has 0 saturated carbocycles. The number of benzene rings is 2. The first kappa shape index (κ1) is 12.2. The SMILES string of the molecule is BrSc1ccc2c(c1)Cc1ccc(SBr)cc1-2. The highest BCUT2D eigenvalue weighted by molar-refractivity contribution is 9.50. The summed E-state index contributed by atoms with van der Waals surface area (Å²) in [4.78, 5) is 2.53. The molecule has 17 heavy (non-hydrogen) atoms. The van der Waals surface area contributed by atoms with E-state index in [1.807, 2.05) is 0 Å². The second-order valence-electron chi connectivity index (χ2n) is 3.97. The predicted octanol–water partition coefficient (Wildman–Crippen LogP) is 6.06. The van der Waals surface area contributed by atoms with Gasteiger partial charge in [-0.2, -0.15) is 0 Å². The number of halogens is 2. The molecule has 1 aliphatic rings. The summed E-state index contributed by atoms with van der Waals surface area (Å²) in [6.07, 6.45) is 1.05. The van der Waals surface area contributed by atoms with Gasteiger partial charge >= 0.3 is 0 Å². The van der Waals surface area contributed by atoms with Crippen molar-refractivity contribution in [1.29, 1.82) is 0 Å². The third-order valence-corrected chi connectivity index (χ3v) is 6.11. The summed E-state index contributed by atoms with van der Waals surface area (Å²) in [5.41, 5.74) is 5.63. The monoisotopic (exact) mass is 386 g/mol. The zero-order valence-corrected chi connectivity index (χ0v) is 13.5. The molecule has 0 unspecified atom stereocenters. The standard InChI is InChI=1S/C13H8Br2S2/c14-16-10-3-4-12-9(6-10)5-8-1-2-11(17-15)7-13(8)12/h1-4,6-7H,5H2. The Bertz CT molecular complexity index is 582. The van der Waals surface area contributed by atoms with E-state index in [4.69, 9.17) is 0 Å². The molecule has 3 rings (SSSR count). The third kappa shape index (κ3) is 2.21. The van der Waals surface area contributed by atoms with Gasteiger partial charge in [-0.05, 0) is 103 Å². The summed E-state index contributed by atoms with van der Waals surface area (Å²) >= 11 is 6.87. The molecule has 4 heteroatoms. The smallest absolute Gasteiger partial charge is 0.0194 e. The lowest BCUT2D eigenvalue weighted by atomic mass is 10.1. The minimum absolute atomic E-state index is 1.05. The number of hydrogen-bond donors (Lipinski definition) is 0. The van der Waals surface area contributed by atoms with Crippen LogP contribution in [-0.2, 0) is 6.42 Å². The lowest BCUT2D eigenvalue weighted by molar-refractivity contribution is 1.23. The van der Waals surface area contributed by atoms with E-state index >= 15 is 0 Å². The van der Waals surface area contributed by atoms with Crippen LogP contribution < -0.4 is 0 Å². The van der Waals surface area contributed by atoms with Gasteiger partial charge in [0.15, 0.2) is 0 Å². The molecule has 2 aromatic rings. The Balaban J connectivity index is 2.13. The highest BCUT2D eigenvalue weighted by atomic mass is 79.9. The highest BCUT2D eigenvalue weighted by Gasteiger charge is 2.18. The second kappa shape index (κ2) is 5.00. The average molecular weight is 388 g/mol. The normalized spacial score (nSPS) is 12.4. The summed E-state index contributed by atoms with van der Waals surface area (Å²) < 4.78 is 0. The Morgan fingerprint density at radius 2 is 1.47 bits per heavy atom. The van der Waals surface area contributed by atoms with E-state index < -0.39 is 0 Å². The van der Waals surface area contributed by atoms with Crippen molar-refractivity contribution in [3.63, 3.8) is 0 Å². The van der Waals surface area contributed by atoms with Gasteiger partial charge in [0.1, 0.15) is 0 Å². The minimum atomic E-state index is 1.05. The molecular formula is C13H8Br2S2. The Morgan fingerprint density at radius 3 is 2.24 bits per heavy atom. The molecule has 86 valence electrons. The van der Waals surface area contributed by atoms with Crippen LogP contribution in [0, 0.1) is 0 Å². The van der Waals surface area contributed by atoms with Crippen molar-refractivity contribution in [1.82, 2.24) is 0 Å². The molecule has 2 aromatic carbocycles. The van der Waals surface area contributed by atoms with Crippen LogP contribution in [0.25, 0.3) is 11.1 Å². The Kier molecular flexibility index (Phi) is 3.57. The molecule has 0 aromatic heterocycles. The van der Waals surface area contributed by atoms with Crippen LogP contribution in [0.3, 0.4) is 0 Å². The van der Waals surface area contributed by atoms with Crippen LogP contribution in [0.5, 0.6) is 0 Å². The van der Waals surface area contributed by atoms with Gasteiger partial charge < -0.3 is 0 Å². The zero-order valence-electron chi connectivity index (χ0n) is 8.74. The molecule has 0 radical (unpaired) electrons. The number of fused-ring (bicyclic) bond motifs is 3. The fraction of sp³-hybridized carbons (Fsp3) is 0.0769. The van der Waals surface area contributed by atoms with E-state index in [1.54, 1.807) is 20.4 Å². The summed E-state index contributed by atoms with van der Waals surface area (Å²) in [6.45, 7) is 0. The summed E-state index contributed by atoms with van der Waals surface area (Å²) in [5, 5.41) is 0. The van der Waals surface area contributed by atoms with Crippen LogP contribution in [-0.4, -0.2) is 0 Å². The first-order valence-electron chi connectivity index (χ1n) is 5.15. The first-order chi connectivity index (χ1) is 8.31. The van der Waals surface area contributed by atoms with Crippen molar-refractivity contribution in [2.75, 3.05) is 0 Å². The first-order valence-corrected chi connectivity index (χ1v) is 10.5. The van der Waals surface area contributed by atoms with Crippen molar-refractivity contribution in [3.8, 4) is 11.1 Å². The molecule has 1 aliphatic carbocycles. The summed E-state index contributed by atoms with van der Waals surface area (Å²) in [5.74, 6) is 0. The molecular weight excluding hydrogens is 380 g/mol. The molecule has 0 fully saturated rings. The largest absolute Gasteiger partial charge is 0.0569 e. The third-order valence-electron chi connectivity index (χ3n) is 3.01. The number of hydrogen-bond acceptors (Lipinski definition) is 2. The maximum atomic E-state index is 3.44. The van der Waals surface area contributed by atoms with Gasteiger partial charge in [-0.3, -0.25) is 0 Å². The average Bonchev–Trinajstić information content (AvgIpc) is 2.74. The van der Waals surface area contributed by atoms with Gasteiger partial charge in [0, 0.05) is 9.79 Å². The summed E-state index contributed by atoms with van der Waals surface area (Å²) in [7, 11) is 3.24. The van der Waals surface area contributed by atoms with Gasteiger partial charge in [0.2, 0.25) is 0 Å². The quantitative estimate of drug-likeness (QED) is 0.523. The Hall–Kier alpha value is 0.1000. The van der Waals surface area contributed by atoms with Gasteiger partial charge in [0.05, 0.1) is 0 Å². The van der Waals surface area contributed by atoms with E-state index in [9.17, 15) is 0 Å². The molecule has 0 heterocycles. The van der Waals surface area contributed by atoms with Gasteiger partial charge in [-0.25, -0.2) is 0 Å². The molecule has 0 nitrogen and oxygen atoms in total. The lowest BCUT2D eigenvalue weighted by Crippen LogP contribution is -1.79. The molecule has 0 amide bonds. The molecule has 0 spiro atoms. The zero-order chi connectivity index (χ0) is 11.8. The van der Waals surface area contributed by atoms with Crippen LogP contribution in [0.2, 0.25) is 0 Å². The van der Waals surface area contributed by atoms with Crippen LogP contribution in [0.15, 0.2) is 46.2 Å². The predicted molar refractivity (Wildman–Crippen MR) is 84.3 cm³/mol. The lowest BCUT2D eigenvalue weighted by Gasteiger charge is -2.03. The van der Waals surface area contributed by atoms with E-state index in [2.05, 4.69) is 66.0 Å². The fourth-order valence-electron chi connectivity index (χ4n) is 2.24. The fourth-order valence-corrected chi connectivity index (χ4v) is 4.04. The van der Waals surface area contributed by atoms with E-state index in [1.165, 1.54) is 32.0 Å². The molecule has 0 saturated heterocycles. The Morgan fingerprint density at radius 1 is 0.765 bits per heavy atom. The van der Waals surface area contributed by atoms with Crippen molar-refractivity contribution in [2.24, 2.45) is 0 Å². The maximum Gasteiger partial charge on any atom is 0.0194 e. The van der Waals surface area contributed by atoms with E-state index in [0.29, 0.717) is 0 Å². The van der Waals surface area contributed by atoms with Gasteiger partial charge in [-0.15, -0.1) is 0 Å². The van der Waals surface area contributed by atoms with Crippen molar-refractivity contribution < 1.29 is 0 Å². The van der Waals surface area contributed by atoms with Gasteiger partial charge in [0.25, 0.3) is 0 Å². The van der Waals surface area contributed by atoms with Crippen LogP contribution >= 0.6 is 50.0 Å². The van der Waals surface area contributed by atoms with E-state index in [-0.39, 0.29) is 0 Å². The maximum absolute atomic E-state index is 3.44. The minimum Gasteiger partial charge on any atom is -0.0569 e. The Labute approximate surface area is 124 Å². The second-order valence-corrected chi connectivity index (χ2v) is 7.16. The number of rotatable bonds is 2. The molecule has 0 N–H and O–H groups in total. The van der Waals surface area contributed by atoms with Crippen molar-refractivity contribution in [2.45, 2.75) is 16.2 Å². The summed E-state index contributed by atoms with van der Waals surface area (Å²) in [6, 6.07) is 13.3. The van der Waals surface area contributed by atoms with Crippen LogP contribution in [0.4, 0.5) is 0 Å². The van der Waals surface area contributed by atoms with Gasteiger partial charge in [-0.1, -0.05) is 12.1 Å². The van der Waals surface area contributed by atoms with Crippen molar-refractivity contribution >= 4 is 50.0 Å².